The summed E-state index contributed by atoms with van der Waals surface area (Å²) in [5.41, 5.74) is 5.84. The van der Waals surface area contributed by atoms with E-state index in [9.17, 15) is 4.79 Å². The van der Waals surface area contributed by atoms with E-state index >= 15 is 0 Å². The van der Waals surface area contributed by atoms with Crippen LogP contribution in [0.3, 0.4) is 0 Å². The van der Waals surface area contributed by atoms with Gasteiger partial charge in [0.05, 0.1) is 6.10 Å². The summed E-state index contributed by atoms with van der Waals surface area (Å²) in [4.78, 5) is 12.0. The number of nitrogens with one attached hydrogen (secondary N) is 1. The zero-order valence-electron chi connectivity index (χ0n) is 11.9. The summed E-state index contributed by atoms with van der Waals surface area (Å²) in [7, 11) is 0. The van der Waals surface area contributed by atoms with Gasteiger partial charge in [0, 0.05) is 29.6 Å². The number of nitrogens with two attached hydrogens (primary N) is 1. The van der Waals surface area contributed by atoms with Gasteiger partial charge in [0.2, 0.25) is 5.91 Å². The molecule has 0 bridgehead atoms. The van der Waals surface area contributed by atoms with Crippen molar-refractivity contribution in [3.8, 4) is 0 Å². The summed E-state index contributed by atoms with van der Waals surface area (Å²) in [5, 5.41) is 3.35. The molecular weight excluding hydrogens is 320 g/mol. The monoisotopic (exact) mass is 340 g/mol. The van der Waals surface area contributed by atoms with Gasteiger partial charge in [-0.2, -0.15) is 0 Å². The maximum absolute atomic E-state index is 12.0. The number of benzene rings is 1. The van der Waals surface area contributed by atoms with Gasteiger partial charge < -0.3 is 15.8 Å². The van der Waals surface area contributed by atoms with Crippen LogP contribution in [0.15, 0.2) is 28.7 Å². The third-order valence-corrected chi connectivity index (χ3v) is 4.56. The molecule has 0 radical (unpaired) electrons. The maximum atomic E-state index is 12.0. The van der Waals surface area contributed by atoms with Crippen LogP contribution in [0.5, 0.6) is 0 Å². The minimum Gasteiger partial charge on any atom is -0.378 e. The number of primary amides is 1. The quantitative estimate of drug-likeness (QED) is 0.885. The Balaban J connectivity index is 2.26. The molecule has 110 valence electrons. The first-order valence-corrected chi connectivity index (χ1v) is 7.68. The lowest BCUT2D eigenvalue weighted by molar-refractivity contribution is -0.128. The van der Waals surface area contributed by atoms with Crippen LogP contribution < -0.4 is 11.1 Å². The predicted octanol–water partition coefficient (Wildman–Crippen LogP) is 2.92. The van der Waals surface area contributed by atoms with Crippen molar-refractivity contribution in [3.63, 3.8) is 0 Å². The molecule has 0 aromatic heterocycles. The molecule has 0 saturated carbocycles. The first-order valence-electron chi connectivity index (χ1n) is 6.89. The highest BCUT2D eigenvalue weighted by Gasteiger charge is 2.43. The van der Waals surface area contributed by atoms with E-state index in [1.807, 2.05) is 24.3 Å². The van der Waals surface area contributed by atoms with Gasteiger partial charge in [-0.3, -0.25) is 4.79 Å². The molecule has 1 aliphatic rings. The number of ether oxygens (including phenoxy) is 1. The number of amides is 1. The van der Waals surface area contributed by atoms with Gasteiger partial charge in [0.25, 0.3) is 0 Å². The second-order valence-electron chi connectivity index (χ2n) is 5.66. The lowest BCUT2D eigenvalue weighted by atomic mass is 9.82. The normalized spacial score (nSPS) is 26.5. The maximum Gasteiger partial charge on any atom is 0.243 e. The molecule has 2 atom stereocenters. The van der Waals surface area contributed by atoms with Crippen LogP contribution in [0.25, 0.3) is 0 Å². The van der Waals surface area contributed by atoms with Crippen molar-refractivity contribution in [1.82, 2.24) is 0 Å². The van der Waals surface area contributed by atoms with Crippen LogP contribution in [0.2, 0.25) is 0 Å². The van der Waals surface area contributed by atoms with Crippen molar-refractivity contribution in [2.24, 2.45) is 11.7 Å². The molecule has 4 nitrogen and oxygen atoms in total. The van der Waals surface area contributed by atoms with Gasteiger partial charge >= 0.3 is 0 Å². The first kappa shape index (κ1) is 15.3. The topological polar surface area (TPSA) is 64.3 Å². The molecule has 5 heteroatoms. The molecule has 1 amide bonds. The smallest absolute Gasteiger partial charge is 0.243 e. The summed E-state index contributed by atoms with van der Waals surface area (Å²) in [5.74, 6) is 0.0391. The number of anilines is 1. The van der Waals surface area contributed by atoms with E-state index in [0.717, 1.165) is 10.2 Å². The molecule has 2 rings (SSSR count). The van der Waals surface area contributed by atoms with Crippen molar-refractivity contribution in [2.45, 2.75) is 38.3 Å². The lowest BCUT2D eigenvalue weighted by Crippen LogP contribution is -2.56. The van der Waals surface area contributed by atoms with E-state index in [1.54, 1.807) is 0 Å². The lowest BCUT2D eigenvalue weighted by Gasteiger charge is -2.41. The highest BCUT2D eigenvalue weighted by molar-refractivity contribution is 9.10. The molecular formula is C15H21BrN2O2. The summed E-state index contributed by atoms with van der Waals surface area (Å²) in [6, 6.07) is 7.75. The Bertz CT molecular complexity index is 493. The Morgan fingerprint density at radius 2 is 2.20 bits per heavy atom. The average molecular weight is 341 g/mol. The highest BCUT2D eigenvalue weighted by Crippen LogP contribution is 2.34. The van der Waals surface area contributed by atoms with E-state index in [1.165, 1.54) is 0 Å². The predicted molar refractivity (Wildman–Crippen MR) is 83.5 cm³/mol. The van der Waals surface area contributed by atoms with E-state index in [4.69, 9.17) is 10.5 Å². The highest BCUT2D eigenvalue weighted by atomic mass is 79.9. The molecule has 0 spiro atoms. The van der Waals surface area contributed by atoms with Crippen LogP contribution >= 0.6 is 15.9 Å². The summed E-state index contributed by atoms with van der Waals surface area (Å²) in [6.07, 6.45) is 1.24. The largest absolute Gasteiger partial charge is 0.378 e. The fraction of sp³-hybridized carbons (Fsp3) is 0.533. The van der Waals surface area contributed by atoms with Crippen LogP contribution in [-0.4, -0.2) is 24.2 Å². The molecule has 1 saturated heterocycles. The Morgan fingerprint density at radius 3 is 2.80 bits per heavy atom. The van der Waals surface area contributed by atoms with Gasteiger partial charge in [0.1, 0.15) is 5.54 Å². The first-order chi connectivity index (χ1) is 9.44. The van der Waals surface area contributed by atoms with Gasteiger partial charge in [-0.05, 0) is 34.0 Å². The molecule has 2 unspecified atom stereocenters. The fourth-order valence-corrected chi connectivity index (χ4v) is 2.92. The Labute approximate surface area is 128 Å². The average Bonchev–Trinajstić information content (AvgIpc) is 2.41. The Kier molecular flexibility index (Phi) is 4.70. The number of halogens is 1. The van der Waals surface area contributed by atoms with Crippen molar-refractivity contribution >= 4 is 27.5 Å². The van der Waals surface area contributed by atoms with Gasteiger partial charge in [0.15, 0.2) is 0 Å². The zero-order valence-corrected chi connectivity index (χ0v) is 13.4. The number of hydrogen-bond acceptors (Lipinski definition) is 3. The van der Waals surface area contributed by atoms with Gasteiger partial charge in [-0.25, -0.2) is 0 Å². The second kappa shape index (κ2) is 6.14. The third kappa shape index (κ3) is 3.15. The number of hydrogen-bond donors (Lipinski definition) is 2. The van der Waals surface area contributed by atoms with Crippen molar-refractivity contribution in [1.29, 1.82) is 0 Å². The number of carbonyl (C=O) groups excluding carboxylic acids is 1. The molecule has 1 aromatic rings. The molecule has 3 N–H and O–H groups in total. The second-order valence-corrected chi connectivity index (χ2v) is 6.51. The zero-order chi connectivity index (χ0) is 14.8. The van der Waals surface area contributed by atoms with Crippen molar-refractivity contribution in [2.75, 3.05) is 11.9 Å². The minimum atomic E-state index is -0.739. The SMILES string of the molecule is CC(C)C1CC(Nc2ccccc2Br)(C(N)=O)CCO1. The van der Waals surface area contributed by atoms with E-state index in [2.05, 4.69) is 35.1 Å². The molecule has 0 aliphatic carbocycles. The van der Waals surface area contributed by atoms with E-state index in [0.29, 0.717) is 25.4 Å². The third-order valence-electron chi connectivity index (χ3n) is 3.87. The number of carbonyl (C=O) groups is 1. The minimum absolute atomic E-state index is 0.0474. The van der Waals surface area contributed by atoms with E-state index < -0.39 is 5.54 Å². The summed E-state index contributed by atoms with van der Waals surface area (Å²) < 4.78 is 6.68. The summed E-state index contributed by atoms with van der Waals surface area (Å²) >= 11 is 3.49. The molecule has 1 aliphatic heterocycles. The van der Waals surface area contributed by atoms with E-state index in [-0.39, 0.29) is 12.0 Å². The van der Waals surface area contributed by atoms with Gasteiger partial charge in [-0.15, -0.1) is 0 Å². The van der Waals surface area contributed by atoms with Crippen molar-refractivity contribution in [3.05, 3.63) is 28.7 Å². The van der Waals surface area contributed by atoms with Crippen LogP contribution in [0.4, 0.5) is 5.69 Å². The standard InChI is InChI=1S/C15H21BrN2O2/c1-10(2)13-9-15(14(17)19,7-8-20-13)18-12-6-4-3-5-11(12)16/h3-6,10,13,18H,7-9H2,1-2H3,(H2,17,19). The van der Waals surface area contributed by atoms with Crippen LogP contribution in [-0.2, 0) is 9.53 Å². The summed E-state index contributed by atoms with van der Waals surface area (Å²) in [6.45, 7) is 4.74. The fourth-order valence-electron chi connectivity index (χ4n) is 2.54. The van der Waals surface area contributed by atoms with Crippen LogP contribution in [0.1, 0.15) is 26.7 Å². The van der Waals surface area contributed by atoms with Crippen LogP contribution in [0, 0.1) is 5.92 Å². The Morgan fingerprint density at radius 1 is 1.50 bits per heavy atom. The number of rotatable bonds is 4. The van der Waals surface area contributed by atoms with Gasteiger partial charge in [-0.1, -0.05) is 26.0 Å². The molecule has 1 fully saturated rings. The molecule has 20 heavy (non-hydrogen) atoms. The molecule has 1 aromatic carbocycles. The Hall–Kier alpha value is -1.07. The molecule has 1 heterocycles. The number of para-hydroxylation sites is 1. The van der Waals surface area contributed by atoms with Crippen molar-refractivity contribution < 1.29 is 9.53 Å².